The van der Waals surface area contributed by atoms with Gasteiger partial charge in [-0.2, -0.15) is 0 Å². The second kappa shape index (κ2) is 10.4. The Hall–Kier alpha value is -3.93. The third kappa shape index (κ3) is 4.95. The average Bonchev–Trinajstić information content (AvgIpc) is 3.45. The summed E-state index contributed by atoms with van der Waals surface area (Å²) in [7, 11) is 2.03. The number of rotatable bonds is 8. The van der Waals surface area contributed by atoms with Crippen LogP contribution in [0, 0.1) is 25.6 Å². The first-order valence-corrected chi connectivity index (χ1v) is 13.1. The topological polar surface area (TPSA) is 64.3 Å². The summed E-state index contributed by atoms with van der Waals surface area (Å²) >= 11 is 0. The van der Waals surface area contributed by atoms with E-state index in [4.69, 9.17) is 9.72 Å². The zero-order valence-corrected chi connectivity index (χ0v) is 22.3. The van der Waals surface area contributed by atoms with E-state index in [1.165, 1.54) is 11.6 Å². The summed E-state index contributed by atoms with van der Waals surface area (Å²) in [5.41, 5.74) is 8.11. The number of imidazole rings is 1. The van der Waals surface area contributed by atoms with Crippen molar-refractivity contribution in [2.75, 3.05) is 6.61 Å². The van der Waals surface area contributed by atoms with Crippen LogP contribution in [0.4, 0.5) is 4.39 Å². The van der Waals surface area contributed by atoms with Gasteiger partial charge in [-0.3, -0.25) is 4.79 Å². The van der Waals surface area contributed by atoms with Crippen LogP contribution in [-0.4, -0.2) is 27.2 Å². The maximum atomic E-state index is 13.6. The number of aliphatic carboxylic acids is 1. The van der Waals surface area contributed by atoms with E-state index in [2.05, 4.69) is 22.8 Å². The molecule has 3 aromatic carbocycles. The lowest BCUT2D eigenvalue weighted by Gasteiger charge is -2.16. The normalized spacial score (nSPS) is 15.3. The highest BCUT2D eigenvalue weighted by molar-refractivity contribution is 5.71. The summed E-state index contributed by atoms with van der Waals surface area (Å²) in [4.78, 5) is 16.3. The van der Waals surface area contributed by atoms with Crippen LogP contribution >= 0.6 is 0 Å². The molecule has 0 spiro atoms. The first-order chi connectivity index (χ1) is 18.2. The molecule has 196 valence electrons. The van der Waals surface area contributed by atoms with E-state index in [1.807, 2.05) is 44.3 Å². The monoisotopic (exact) mass is 512 g/mol. The number of carbonyl (C=O) groups is 1. The fourth-order valence-corrected chi connectivity index (χ4v) is 5.59. The first kappa shape index (κ1) is 25.7. The third-order valence-corrected chi connectivity index (χ3v) is 7.89. The molecule has 1 aromatic heterocycles. The summed E-state index contributed by atoms with van der Waals surface area (Å²) in [6, 6.07) is 19.4. The molecule has 1 aliphatic carbocycles. The number of aromatic nitrogens is 2. The van der Waals surface area contributed by atoms with Crippen LogP contribution in [0.15, 0.2) is 60.7 Å². The smallest absolute Gasteiger partial charge is 0.306 e. The highest BCUT2D eigenvalue weighted by Crippen LogP contribution is 2.40. The minimum Gasteiger partial charge on any atom is -0.493 e. The van der Waals surface area contributed by atoms with Gasteiger partial charge in [0, 0.05) is 24.7 Å². The molecule has 1 heterocycles. The minimum absolute atomic E-state index is 0.0703. The van der Waals surface area contributed by atoms with Crippen LogP contribution in [0.25, 0.3) is 22.5 Å². The van der Waals surface area contributed by atoms with Crippen LogP contribution < -0.4 is 4.74 Å². The van der Waals surface area contributed by atoms with Gasteiger partial charge in [-0.05, 0) is 84.7 Å². The standard InChI is InChI=1S/C32H33FN2O3/c1-19-17-24(10-14-29(19)33)22-5-7-23(8-6-22)31-34-21(3)30(35(31)4)15-16-38-26-11-13-28-25(18-26)9-12-27(28)20(2)32(36)37/h5-8,10-11,13-14,17-18,20,27H,9,12,15-16H2,1-4H3,(H,36,37)/t20-,27-/m0/s1. The van der Waals surface area contributed by atoms with Crippen LogP contribution in [0.2, 0.25) is 0 Å². The molecule has 5 nitrogen and oxygen atoms in total. The lowest BCUT2D eigenvalue weighted by molar-refractivity contribution is -0.141. The molecule has 38 heavy (non-hydrogen) atoms. The summed E-state index contributed by atoms with van der Waals surface area (Å²) in [5.74, 6) is 0.470. The largest absolute Gasteiger partial charge is 0.493 e. The van der Waals surface area contributed by atoms with Crippen molar-refractivity contribution in [2.24, 2.45) is 13.0 Å². The Labute approximate surface area is 222 Å². The fourth-order valence-electron chi connectivity index (χ4n) is 5.59. The van der Waals surface area contributed by atoms with Gasteiger partial charge < -0.3 is 14.4 Å². The zero-order valence-electron chi connectivity index (χ0n) is 22.3. The number of halogens is 1. The van der Waals surface area contributed by atoms with Crippen LogP contribution in [0.3, 0.4) is 0 Å². The third-order valence-electron chi connectivity index (χ3n) is 7.89. The van der Waals surface area contributed by atoms with E-state index in [1.54, 1.807) is 19.9 Å². The van der Waals surface area contributed by atoms with Gasteiger partial charge >= 0.3 is 5.97 Å². The molecular formula is C32H33FN2O3. The Morgan fingerprint density at radius 1 is 1.08 bits per heavy atom. The highest BCUT2D eigenvalue weighted by Gasteiger charge is 2.31. The molecule has 1 aliphatic rings. The minimum atomic E-state index is -0.743. The molecule has 0 amide bonds. The lowest BCUT2D eigenvalue weighted by Crippen LogP contribution is -2.17. The molecule has 6 heteroatoms. The van der Waals surface area contributed by atoms with Crippen molar-refractivity contribution in [3.63, 3.8) is 0 Å². The Bertz CT molecular complexity index is 1490. The molecule has 0 fully saturated rings. The maximum absolute atomic E-state index is 13.6. The molecule has 4 aromatic rings. The molecule has 1 N–H and O–H groups in total. The molecular weight excluding hydrogens is 479 g/mol. The van der Waals surface area contributed by atoms with Crippen molar-refractivity contribution in [2.45, 2.75) is 46.0 Å². The molecule has 0 radical (unpaired) electrons. The molecule has 0 saturated heterocycles. The van der Waals surface area contributed by atoms with Gasteiger partial charge in [0.2, 0.25) is 0 Å². The van der Waals surface area contributed by atoms with E-state index < -0.39 is 5.97 Å². The number of carboxylic acid groups (broad SMARTS) is 1. The van der Waals surface area contributed by atoms with Gasteiger partial charge in [0.25, 0.3) is 0 Å². The number of hydrogen-bond donors (Lipinski definition) is 1. The second-order valence-electron chi connectivity index (χ2n) is 10.3. The van der Waals surface area contributed by atoms with Crippen LogP contribution in [0.1, 0.15) is 47.3 Å². The first-order valence-electron chi connectivity index (χ1n) is 13.1. The second-order valence-corrected chi connectivity index (χ2v) is 10.3. The molecule has 0 saturated carbocycles. The fraction of sp³-hybridized carbons (Fsp3) is 0.312. The predicted octanol–water partition coefficient (Wildman–Crippen LogP) is 6.88. The van der Waals surface area contributed by atoms with Gasteiger partial charge in [0.1, 0.15) is 17.4 Å². The Balaban J connectivity index is 1.25. The number of benzene rings is 3. The molecule has 0 aliphatic heterocycles. The molecule has 0 bridgehead atoms. The van der Waals surface area contributed by atoms with E-state index in [0.717, 1.165) is 64.5 Å². The summed E-state index contributed by atoms with van der Waals surface area (Å²) in [6.07, 6.45) is 2.48. The van der Waals surface area contributed by atoms with Gasteiger partial charge in [-0.15, -0.1) is 0 Å². The van der Waals surface area contributed by atoms with Crippen molar-refractivity contribution < 1.29 is 19.0 Å². The number of nitrogens with zero attached hydrogens (tertiary/aromatic N) is 2. The summed E-state index contributed by atoms with van der Waals surface area (Å²) in [6.45, 7) is 6.11. The van der Waals surface area contributed by atoms with E-state index in [-0.39, 0.29) is 17.7 Å². The number of fused-ring (bicyclic) bond motifs is 1. The quantitative estimate of drug-likeness (QED) is 0.279. The number of aryl methyl sites for hydroxylation is 3. The Morgan fingerprint density at radius 2 is 1.79 bits per heavy atom. The van der Waals surface area contributed by atoms with Crippen molar-refractivity contribution in [1.82, 2.24) is 9.55 Å². The zero-order chi connectivity index (χ0) is 27.0. The lowest BCUT2D eigenvalue weighted by atomic mass is 9.89. The van der Waals surface area contributed by atoms with E-state index in [9.17, 15) is 14.3 Å². The van der Waals surface area contributed by atoms with Crippen LogP contribution in [0.5, 0.6) is 5.75 Å². The number of ether oxygens (including phenoxy) is 1. The summed E-state index contributed by atoms with van der Waals surface area (Å²) < 4.78 is 21.9. The van der Waals surface area contributed by atoms with Crippen LogP contribution in [-0.2, 0) is 24.7 Å². The van der Waals surface area contributed by atoms with Crippen molar-refractivity contribution >= 4 is 5.97 Å². The molecule has 0 unspecified atom stereocenters. The average molecular weight is 513 g/mol. The van der Waals surface area contributed by atoms with E-state index >= 15 is 0 Å². The SMILES string of the molecule is Cc1cc(-c2ccc(-c3nc(C)c(CCOc4ccc5c(c4)CC[C@H]5[C@H](C)C(=O)O)n3C)cc2)ccc1F. The van der Waals surface area contributed by atoms with Gasteiger partial charge in [0.15, 0.2) is 0 Å². The Morgan fingerprint density at radius 3 is 2.50 bits per heavy atom. The van der Waals surface area contributed by atoms with Gasteiger partial charge in [-0.1, -0.05) is 43.3 Å². The predicted molar refractivity (Wildman–Crippen MR) is 147 cm³/mol. The number of carboxylic acids is 1. The maximum Gasteiger partial charge on any atom is 0.306 e. The molecule has 5 rings (SSSR count). The van der Waals surface area contributed by atoms with E-state index in [0.29, 0.717) is 12.2 Å². The van der Waals surface area contributed by atoms with Crippen molar-refractivity contribution in [1.29, 1.82) is 0 Å². The van der Waals surface area contributed by atoms with Crippen molar-refractivity contribution in [3.8, 4) is 28.3 Å². The number of hydrogen-bond acceptors (Lipinski definition) is 3. The highest BCUT2D eigenvalue weighted by atomic mass is 19.1. The van der Waals surface area contributed by atoms with Crippen molar-refractivity contribution in [3.05, 3.63) is 94.6 Å². The summed E-state index contributed by atoms with van der Waals surface area (Å²) in [5, 5.41) is 9.40. The molecule has 2 atom stereocenters. The van der Waals surface area contributed by atoms with Gasteiger partial charge in [0.05, 0.1) is 18.2 Å². The van der Waals surface area contributed by atoms with Gasteiger partial charge in [-0.25, -0.2) is 9.37 Å². The Kier molecular flexibility index (Phi) is 7.06.